The first kappa shape index (κ1) is 11.4. The first-order valence-electron chi connectivity index (χ1n) is 1.80. The van der Waals surface area contributed by atoms with Gasteiger partial charge < -0.3 is 5.73 Å². The maximum absolute atomic E-state index is 9.90. The Balaban J connectivity index is 0. The van der Waals surface area contributed by atoms with Gasteiger partial charge in [-0.05, 0) is 0 Å². The zero-order valence-electron chi connectivity index (χ0n) is 3.89. The molecule has 0 aromatic heterocycles. The molecule has 0 bridgehead atoms. The second-order valence-corrected chi connectivity index (χ2v) is 1.94. The van der Waals surface area contributed by atoms with Crippen LogP contribution in [0, 0.1) is 0 Å². The molecule has 2 N–H and O–H groups in total. The molecule has 0 aromatic rings. The van der Waals surface area contributed by atoms with Crippen molar-refractivity contribution in [1.82, 2.24) is 0 Å². The topological polar surface area (TPSA) is 43.1 Å². The van der Waals surface area contributed by atoms with Crippen LogP contribution in [0.1, 0.15) is 0 Å². The summed E-state index contributed by atoms with van der Waals surface area (Å²) in [4.78, 5) is 9.90. The zero-order chi connectivity index (χ0) is 5.70. The Morgan fingerprint density at radius 1 is 1.88 bits per heavy atom. The van der Waals surface area contributed by atoms with E-state index in [-0.39, 0.29) is 34.8 Å². The van der Waals surface area contributed by atoms with Gasteiger partial charge >= 0.3 is 29.6 Å². The molecular weight excluding hydrogens is 133 g/mol. The van der Waals surface area contributed by atoms with Gasteiger partial charge in [0.2, 0.25) is 0 Å². The zero-order valence-corrected chi connectivity index (χ0v) is 4.70. The van der Waals surface area contributed by atoms with Crippen molar-refractivity contribution in [3.8, 4) is 0 Å². The molecule has 0 spiro atoms. The molecule has 1 amide bonds. The first-order chi connectivity index (χ1) is 3.27. The first-order valence-corrected chi connectivity index (χ1v) is 2.79. The number of rotatable bonds is 2. The molecule has 0 unspecified atom stereocenters. The van der Waals surface area contributed by atoms with Gasteiger partial charge in [0, 0.05) is 5.75 Å². The Kier molecular flexibility index (Phi) is 10.7. The number of amides is 1. The molecule has 0 aliphatic heterocycles. The predicted octanol–water partition coefficient (Wildman–Crippen LogP) is 0.336. The number of thioether (sulfide) groups is 1. The van der Waals surface area contributed by atoms with Gasteiger partial charge in [-0.2, -0.15) is 0 Å². The van der Waals surface area contributed by atoms with Gasteiger partial charge in [0.05, 0.1) is 0 Å². The standard InChI is InChI=1S/C4H7NOS.Na.H/c1-2-3-7-4(5)6;;/h2H,1,3H2,(H2,5,6);;. The number of nitrogens with two attached hydrogens (primary N) is 1. The minimum atomic E-state index is -0.347. The molecule has 0 aliphatic carbocycles. The molecule has 0 atom stereocenters. The second-order valence-electron chi connectivity index (χ2n) is 0.919. The Morgan fingerprint density at radius 2 is 2.38 bits per heavy atom. The van der Waals surface area contributed by atoms with E-state index in [1.165, 1.54) is 0 Å². The molecule has 4 heteroatoms. The van der Waals surface area contributed by atoms with Crippen molar-refractivity contribution in [2.24, 2.45) is 5.73 Å². The fourth-order valence-corrected chi connectivity index (χ4v) is 0.423. The van der Waals surface area contributed by atoms with Crippen LogP contribution >= 0.6 is 11.8 Å². The van der Waals surface area contributed by atoms with Crippen LogP contribution in [-0.2, 0) is 0 Å². The van der Waals surface area contributed by atoms with Crippen molar-refractivity contribution >= 4 is 46.6 Å². The molecule has 0 rings (SSSR count). The maximum atomic E-state index is 9.90. The molecule has 42 valence electrons. The van der Waals surface area contributed by atoms with Crippen LogP contribution in [0.2, 0.25) is 0 Å². The quantitative estimate of drug-likeness (QED) is 0.445. The molecule has 0 aliphatic rings. The van der Waals surface area contributed by atoms with Crippen LogP contribution in [-0.4, -0.2) is 40.5 Å². The summed E-state index contributed by atoms with van der Waals surface area (Å²) in [5, 5.41) is -0.347. The van der Waals surface area contributed by atoms with E-state index < -0.39 is 0 Å². The van der Waals surface area contributed by atoms with Gasteiger partial charge in [-0.15, -0.1) is 6.58 Å². The Bertz CT molecular complexity index is 86.1. The van der Waals surface area contributed by atoms with Gasteiger partial charge in [0.1, 0.15) is 0 Å². The van der Waals surface area contributed by atoms with E-state index in [1.54, 1.807) is 6.08 Å². The fraction of sp³-hybridized carbons (Fsp3) is 0.250. The Morgan fingerprint density at radius 3 is 2.50 bits per heavy atom. The van der Waals surface area contributed by atoms with Gasteiger partial charge in [-0.25, -0.2) is 0 Å². The summed E-state index contributed by atoms with van der Waals surface area (Å²) in [7, 11) is 0. The monoisotopic (exact) mass is 141 g/mol. The van der Waals surface area contributed by atoms with E-state index in [0.29, 0.717) is 5.75 Å². The van der Waals surface area contributed by atoms with Gasteiger partial charge in [0.15, 0.2) is 0 Å². The molecule has 0 fully saturated rings. The summed E-state index contributed by atoms with van der Waals surface area (Å²) in [6.45, 7) is 3.40. The summed E-state index contributed by atoms with van der Waals surface area (Å²) in [5.74, 6) is 0.606. The van der Waals surface area contributed by atoms with E-state index in [2.05, 4.69) is 6.58 Å². The second kappa shape index (κ2) is 7.56. The fourth-order valence-electron chi connectivity index (χ4n) is 0.141. The van der Waals surface area contributed by atoms with Gasteiger partial charge in [-0.1, -0.05) is 17.8 Å². The van der Waals surface area contributed by atoms with Crippen molar-refractivity contribution in [1.29, 1.82) is 0 Å². The molecule has 0 saturated carbocycles. The number of carbonyl (C=O) groups is 1. The van der Waals surface area contributed by atoms with Crippen molar-refractivity contribution < 1.29 is 4.79 Å². The average Bonchev–Trinajstić information content (AvgIpc) is 1.61. The summed E-state index contributed by atoms with van der Waals surface area (Å²) in [6, 6.07) is 0. The van der Waals surface area contributed by atoms with E-state index in [0.717, 1.165) is 11.8 Å². The molecule has 0 saturated heterocycles. The summed E-state index contributed by atoms with van der Waals surface area (Å²) in [6.07, 6.45) is 1.63. The molecule has 0 aromatic carbocycles. The van der Waals surface area contributed by atoms with Crippen LogP contribution in [0.4, 0.5) is 4.79 Å². The number of hydrogen-bond donors (Lipinski definition) is 1. The molecule has 0 radical (unpaired) electrons. The third-order valence-corrected chi connectivity index (χ3v) is 1.03. The van der Waals surface area contributed by atoms with Gasteiger partial charge in [0.25, 0.3) is 5.24 Å². The summed E-state index contributed by atoms with van der Waals surface area (Å²) < 4.78 is 0. The van der Waals surface area contributed by atoms with Crippen molar-refractivity contribution in [3.05, 3.63) is 12.7 Å². The van der Waals surface area contributed by atoms with Crippen molar-refractivity contribution in [2.45, 2.75) is 0 Å². The normalized spacial score (nSPS) is 7.00. The van der Waals surface area contributed by atoms with Crippen molar-refractivity contribution in [3.63, 3.8) is 0 Å². The predicted molar refractivity (Wildman–Crippen MR) is 39.4 cm³/mol. The molecular formula is C4H8NNaOS. The van der Waals surface area contributed by atoms with Crippen molar-refractivity contribution in [2.75, 3.05) is 5.75 Å². The van der Waals surface area contributed by atoms with Crippen LogP contribution < -0.4 is 5.73 Å². The Labute approximate surface area is 75.2 Å². The molecule has 8 heavy (non-hydrogen) atoms. The summed E-state index contributed by atoms with van der Waals surface area (Å²) >= 11 is 1.05. The number of primary amides is 1. The summed E-state index contributed by atoms with van der Waals surface area (Å²) in [5.41, 5.74) is 4.75. The number of carbonyl (C=O) groups excluding carboxylic acids is 1. The van der Waals surface area contributed by atoms with E-state index in [4.69, 9.17) is 5.73 Å². The van der Waals surface area contributed by atoms with Crippen LogP contribution in [0.3, 0.4) is 0 Å². The van der Waals surface area contributed by atoms with E-state index in [9.17, 15) is 4.79 Å². The third kappa shape index (κ3) is 9.75. The van der Waals surface area contributed by atoms with Crippen LogP contribution in [0.15, 0.2) is 12.7 Å². The third-order valence-electron chi connectivity index (χ3n) is 0.343. The minimum absolute atomic E-state index is 0. The van der Waals surface area contributed by atoms with Crippen LogP contribution in [0.5, 0.6) is 0 Å². The Hall–Kier alpha value is 0.560. The SMILES string of the molecule is C=CCSC(N)=O.[NaH]. The van der Waals surface area contributed by atoms with Gasteiger partial charge in [-0.3, -0.25) is 4.79 Å². The van der Waals surface area contributed by atoms with Crippen LogP contribution in [0.25, 0.3) is 0 Å². The van der Waals surface area contributed by atoms with E-state index >= 15 is 0 Å². The van der Waals surface area contributed by atoms with E-state index in [1.807, 2.05) is 0 Å². The average molecular weight is 141 g/mol. The molecule has 2 nitrogen and oxygen atoms in total. The number of hydrogen-bond acceptors (Lipinski definition) is 2. The molecule has 0 heterocycles.